The Morgan fingerprint density at radius 2 is 1.78 bits per heavy atom. The fraction of sp³-hybridized carbons (Fsp3) is 0.545. The molecule has 5 rings (SSSR count). The van der Waals surface area contributed by atoms with Crippen molar-refractivity contribution in [2.24, 2.45) is 0 Å². The van der Waals surface area contributed by atoms with Gasteiger partial charge in [-0.1, -0.05) is 25.3 Å². The van der Waals surface area contributed by atoms with E-state index in [4.69, 9.17) is 0 Å². The minimum atomic E-state index is -0.121. The Morgan fingerprint density at radius 1 is 0.963 bits per heavy atom. The molecule has 2 aromatic rings. The van der Waals surface area contributed by atoms with Crippen LogP contribution in [0.2, 0.25) is 0 Å². The summed E-state index contributed by atoms with van der Waals surface area (Å²) in [6.07, 6.45) is 13.3. The molecule has 1 saturated heterocycles. The number of halogens is 1. The topological polar surface area (TPSA) is 41.1 Å². The number of fused-ring (bicyclic) bond motifs is 3. The summed E-state index contributed by atoms with van der Waals surface area (Å²) in [7, 11) is 0. The molecule has 5 heteroatoms. The molecule has 1 saturated carbocycles. The number of hydrogen-bond donors (Lipinski definition) is 1. The molecule has 0 radical (unpaired) electrons. The van der Waals surface area contributed by atoms with Gasteiger partial charge in [-0.3, -0.25) is 4.90 Å². The fourth-order valence-electron chi connectivity index (χ4n) is 4.67. The summed E-state index contributed by atoms with van der Waals surface area (Å²) in [5.74, 6) is 0.983. The number of benzene rings is 1. The monoisotopic (exact) mass is 366 g/mol. The SMILES string of the molecule is Fc1c(Nc2ncc(C3CC3)cn2)ccc2c1CCN1CCCCCC[C@@H]21. The molecule has 1 aromatic carbocycles. The van der Waals surface area contributed by atoms with Gasteiger partial charge in [-0.25, -0.2) is 14.4 Å². The van der Waals surface area contributed by atoms with Crippen LogP contribution in [0.1, 0.15) is 73.6 Å². The Labute approximate surface area is 160 Å². The minimum Gasteiger partial charge on any atom is -0.322 e. The summed E-state index contributed by atoms with van der Waals surface area (Å²) in [5.41, 5.74) is 3.76. The Balaban J connectivity index is 1.39. The van der Waals surface area contributed by atoms with Crippen LogP contribution < -0.4 is 5.32 Å². The van der Waals surface area contributed by atoms with Gasteiger partial charge < -0.3 is 5.32 Å². The Hall–Kier alpha value is -2.01. The molecule has 4 nitrogen and oxygen atoms in total. The van der Waals surface area contributed by atoms with E-state index in [1.165, 1.54) is 49.7 Å². The third-order valence-corrected chi connectivity index (χ3v) is 6.37. The third-order valence-electron chi connectivity index (χ3n) is 6.37. The molecule has 3 heterocycles. The van der Waals surface area contributed by atoms with E-state index >= 15 is 4.39 Å². The summed E-state index contributed by atoms with van der Waals surface area (Å²) in [4.78, 5) is 11.3. The highest BCUT2D eigenvalue weighted by atomic mass is 19.1. The lowest BCUT2D eigenvalue weighted by Crippen LogP contribution is -2.37. The van der Waals surface area contributed by atoms with Gasteiger partial charge in [0.1, 0.15) is 5.82 Å². The molecule has 1 aliphatic carbocycles. The molecule has 0 bridgehead atoms. The van der Waals surface area contributed by atoms with Crippen LogP contribution in [-0.2, 0) is 6.42 Å². The molecule has 0 unspecified atom stereocenters. The van der Waals surface area contributed by atoms with Crippen molar-refractivity contribution in [3.8, 4) is 0 Å². The van der Waals surface area contributed by atoms with Gasteiger partial charge in [0.2, 0.25) is 5.95 Å². The van der Waals surface area contributed by atoms with Crippen molar-refractivity contribution < 1.29 is 4.39 Å². The Morgan fingerprint density at radius 3 is 2.59 bits per heavy atom. The van der Waals surface area contributed by atoms with Crippen molar-refractivity contribution in [1.29, 1.82) is 0 Å². The molecular weight excluding hydrogens is 339 g/mol. The predicted octanol–water partition coefficient (Wildman–Crippen LogP) is 5.10. The van der Waals surface area contributed by atoms with Crippen molar-refractivity contribution in [2.45, 2.75) is 63.3 Å². The van der Waals surface area contributed by atoms with Crippen molar-refractivity contribution in [3.63, 3.8) is 0 Å². The van der Waals surface area contributed by atoms with Crippen LogP contribution in [0.4, 0.5) is 16.0 Å². The Kier molecular flexibility index (Phi) is 4.56. The highest BCUT2D eigenvalue weighted by Gasteiger charge is 2.30. The first-order valence-corrected chi connectivity index (χ1v) is 10.4. The average Bonchev–Trinajstić information content (AvgIpc) is 3.50. The van der Waals surface area contributed by atoms with Crippen LogP contribution in [0.5, 0.6) is 0 Å². The maximum absolute atomic E-state index is 15.3. The lowest BCUT2D eigenvalue weighted by Gasteiger charge is -2.39. The summed E-state index contributed by atoms with van der Waals surface area (Å²) in [6, 6.07) is 4.37. The lowest BCUT2D eigenvalue weighted by atomic mass is 9.87. The molecule has 3 aliphatic rings. The van der Waals surface area contributed by atoms with Gasteiger partial charge in [0, 0.05) is 25.0 Å². The molecule has 1 atom stereocenters. The zero-order valence-corrected chi connectivity index (χ0v) is 15.8. The van der Waals surface area contributed by atoms with Crippen LogP contribution in [0, 0.1) is 5.82 Å². The van der Waals surface area contributed by atoms with Crippen molar-refractivity contribution in [2.75, 3.05) is 18.4 Å². The Bertz CT molecular complexity index is 816. The summed E-state index contributed by atoms with van der Waals surface area (Å²) in [6.45, 7) is 2.11. The fourth-order valence-corrected chi connectivity index (χ4v) is 4.67. The first kappa shape index (κ1) is 17.1. The third kappa shape index (κ3) is 3.45. The van der Waals surface area contributed by atoms with E-state index in [1.807, 2.05) is 18.5 Å². The minimum absolute atomic E-state index is 0.121. The van der Waals surface area contributed by atoms with E-state index in [0.717, 1.165) is 31.5 Å². The van der Waals surface area contributed by atoms with E-state index in [9.17, 15) is 0 Å². The van der Waals surface area contributed by atoms with Gasteiger partial charge >= 0.3 is 0 Å². The molecule has 2 aliphatic heterocycles. The highest BCUT2D eigenvalue weighted by Crippen LogP contribution is 2.40. The standard InChI is InChI=1S/C22H27FN4/c23-21-18-10-12-27-11-4-2-1-3-5-20(27)17(18)8-9-19(21)26-22-24-13-16(14-25-22)15-6-7-15/h8-9,13-15,20H,1-7,10-12H2,(H,24,25,26)/t20-/m0/s1. The molecular formula is C22H27FN4. The van der Waals surface area contributed by atoms with Gasteiger partial charge in [-0.05, 0) is 67.3 Å². The number of anilines is 2. The lowest BCUT2D eigenvalue weighted by molar-refractivity contribution is 0.157. The van der Waals surface area contributed by atoms with Gasteiger partial charge in [-0.15, -0.1) is 0 Å². The largest absolute Gasteiger partial charge is 0.322 e. The van der Waals surface area contributed by atoms with E-state index in [0.29, 0.717) is 23.6 Å². The van der Waals surface area contributed by atoms with Crippen molar-refractivity contribution in [3.05, 3.63) is 47.0 Å². The smallest absolute Gasteiger partial charge is 0.227 e. The molecule has 0 amide bonds. The van der Waals surface area contributed by atoms with Crippen LogP contribution in [0.15, 0.2) is 24.5 Å². The van der Waals surface area contributed by atoms with E-state index < -0.39 is 0 Å². The zero-order chi connectivity index (χ0) is 18.2. The van der Waals surface area contributed by atoms with Gasteiger partial charge in [-0.2, -0.15) is 0 Å². The van der Waals surface area contributed by atoms with Gasteiger partial charge in [0.15, 0.2) is 0 Å². The average molecular weight is 366 g/mol. The van der Waals surface area contributed by atoms with Crippen LogP contribution in [0.25, 0.3) is 0 Å². The number of nitrogens with one attached hydrogen (secondary N) is 1. The first-order chi connectivity index (χ1) is 13.3. The second-order valence-electron chi connectivity index (χ2n) is 8.24. The molecule has 0 spiro atoms. The summed E-state index contributed by atoms with van der Waals surface area (Å²) < 4.78 is 15.3. The molecule has 2 fully saturated rings. The van der Waals surface area contributed by atoms with Crippen LogP contribution in [0.3, 0.4) is 0 Å². The van der Waals surface area contributed by atoms with E-state index in [2.05, 4.69) is 26.3 Å². The molecule has 1 N–H and O–H groups in total. The normalized spacial score (nSPS) is 23.1. The predicted molar refractivity (Wildman–Crippen MR) is 105 cm³/mol. The summed E-state index contributed by atoms with van der Waals surface area (Å²) >= 11 is 0. The second-order valence-corrected chi connectivity index (χ2v) is 8.24. The summed E-state index contributed by atoms with van der Waals surface area (Å²) in [5, 5.41) is 3.09. The van der Waals surface area contributed by atoms with E-state index in [1.54, 1.807) is 0 Å². The number of aromatic nitrogens is 2. The first-order valence-electron chi connectivity index (χ1n) is 10.4. The number of nitrogens with zero attached hydrogens (tertiary/aromatic N) is 3. The maximum Gasteiger partial charge on any atom is 0.227 e. The number of rotatable bonds is 3. The molecule has 142 valence electrons. The van der Waals surface area contributed by atoms with Crippen LogP contribution >= 0.6 is 0 Å². The highest BCUT2D eigenvalue weighted by molar-refractivity contribution is 5.58. The van der Waals surface area contributed by atoms with Crippen LogP contribution in [-0.4, -0.2) is 28.0 Å². The quantitative estimate of drug-likeness (QED) is 0.820. The van der Waals surface area contributed by atoms with Crippen molar-refractivity contribution in [1.82, 2.24) is 14.9 Å². The van der Waals surface area contributed by atoms with Gasteiger partial charge in [0.05, 0.1) is 5.69 Å². The van der Waals surface area contributed by atoms with Gasteiger partial charge in [0.25, 0.3) is 0 Å². The second kappa shape index (κ2) is 7.19. The molecule has 1 aromatic heterocycles. The maximum atomic E-state index is 15.3. The molecule has 27 heavy (non-hydrogen) atoms. The van der Waals surface area contributed by atoms with Crippen molar-refractivity contribution >= 4 is 11.6 Å². The number of hydrogen-bond acceptors (Lipinski definition) is 4. The zero-order valence-electron chi connectivity index (χ0n) is 15.8. The van der Waals surface area contributed by atoms with E-state index in [-0.39, 0.29) is 5.82 Å².